The Bertz CT molecular complexity index is 405. The lowest BCUT2D eigenvalue weighted by Gasteiger charge is -1.95. The maximum Gasteiger partial charge on any atom is 0.324 e. The van der Waals surface area contributed by atoms with Gasteiger partial charge in [-0.25, -0.2) is 0 Å². The Morgan fingerprint density at radius 1 is 1.71 bits per heavy atom. The summed E-state index contributed by atoms with van der Waals surface area (Å²) in [6.07, 6.45) is 4.94. The lowest BCUT2D eigenvalue weighted by molar-refractivity contribution is -0.380. The molecule has 0 atom stereocenters. The number of amides is 1. The highest BCUT2D eigenvalue weighted by atomic mass is 32.1. The maximum atomic E-state index is 11.2. The van der Waals surface area contributed by atoms with Gasteiger partial charge in [-0.15, -0.1) is 6.42 Å². The quantitative estimate of drug-likeness (QED) is 0.460. The zero-order chi connectivity index (χ0) is 10.6. The van der Waals surface area contributed by atoms with Crippen LogP contribution in [0, 0.1) is 22.5 Å². The van der Waals surface area contributed by atoms with E-state index in [0.29, 0.717) is 0 Å². The number of carbonyl (C=O) groups is 1. The van der Waals surface area contributed by atoms with Gasteiger partial charge in [0.15, 0.2) is 0 Å². The van der Waals surface area contributed by atoms with Gasteiger partial charge in [0.2, 0.25) is 0 Å². The van der Waals surface area contributed by atoms with Gasteiger partial charge >= 0.3 is 5.00 Å². The summed E-state index contributed by atoms with van der Waals surface area (Å²) < 4.78 is 0. The fraction of sp³-hybridized carbons (Fsp3) is 0.125. The van der Waals surface area contributed by atoms with Crippen LogP contribution in [0.1, 0.15) is 9.67 Å². The smallest absolute Gasteiger partial charge is 0.324 e. The summed E-state index contributed by atoms with van der Waals surface area (Å²) in [5, 5.41) is 12.7. The van der Waals surface area contributed by atoms with Gasteiger partial charge in [0.05, 0.1) is 16.3 Å². The first-order valence-electron chi connectivity index (χ1n) is 3.61. The number of terminal acetylenes is 1. The first kappa shape index (κ1) is 10.2. The number of hydrogen-bond donors (Lipinski definition) is 1. The molecule has 1 heterocycles. The number of rotatable bonds is 3. The molecular formula is C8H6N2O3S. The predicted octanol–water partition coefficient (Wildman–Crippen LogP) is 1.02. The normalized spacial score (nSPS) is 9.07. The van der Waals surface area contributed by atoms with Crippen molar-refractivity contribution in [1.29, 1.82) is 0 Å². The Balaban J connectivity index is 2.72. The number of hydrogen-bond acceptors (Lipinski definition) is 4. The van der Waals surface area contributed by atoms with Crippen LogP contribution in [-0.2, 0) is 0 Å². The lowest BCUT2D eigenvalue weighted by Crippen LogP contribution is -2.22. The van der Waals surface area contributed by atoms with Gasteiger partial charge in [-0.1, -0.05) is 17.3 Å². The van der Waals surface area contributed by atoms with Gasteiger partial charge in [0, 0.05) is 6.07 Å². The third kappa shape index (κ3) is 2.31. The molecule has 0 aromatic carbocycles. The Hall–Kier alpha value is -1.87. The Kier molecular flexibility index (Phi) is 3.20. The van der Waals surface area contributed by atoms with Gasteiger partial charge in [-0.3, -0.25) is 14.9 Å². The van der Waals surface area contributed by atoms with Gasteiger partial charge in [-0.05, 0) is 6.07 Å². The minimum absolute atomic E-state index is 0.0594. The first-order valence-corrected chi connectivity index (χ1v) is 4.42. The van der Waals surface area contributed by atoms with Crippen LogP contribution in [0.25, 0.3) is 0 Å². The molecule has 72 valence electrons. The fourth-order valence-electron chi connectivity index (χ4n) is 0.766. The first-order chi connectivity index (χ1) is 6.65. The zero-order valence-corrected chi connectivity index (χ0v) is 7.84. The molecule has 1 aromatic heterocycles. The van der Waals surface area contributed by atoms with Crippen molar-refractivity contribution in [3.63, 3.8) is 0 Å². The van der Waals surface area contributed by atoms with E-state index in [9.17, 15) is 14.9 Å². The zero-order valence-electron chi connectivity index (χ0n) is 7.02. The second-order valence-corrected chi connectivity index (χ2v) is 3.34. The molecule has 0 bridgehead atoms. The third-order valence-corrected chi connectivity index (χ3v) is 2.38. The van der Waals surface area contributed by atoms with E-state index in [-0.39, 0.29) is 22.3 Å². The van der Waals surface area contributed by atoms with Gasteiger partial charge in [0.25, 0.3) is 5.91 Å². The number of nitrogens with zero attached hydrogens (tertiary/aromatic N) is 1. The topological polar surface area (TPSA) is 72.2 Å². The Labute approximate surface area is 83.9 Å². The maximum absolute atomic E-state index is 11.2. The SMILES string of the molecule is C#CCNC(=O)c1ccc([N+](=O)[O-])s1. The molecule has 0 saturated carbocycles. The summed E-state index contributed by atoms with van der Waals surface area (Å²) in [5.74, 6) is 1.85. The number of nitro groups is 1. The van der Waals surface area contributed by atoms with Crippen LogP contribution in [0.4, 0.5) is 5.00 Å². The molecule has 1 amide bonds. The van der Waals surface area contributed by atoms with Crippen LogP contribution in [0.15, 0.2) is 12.1 Å². The van der Waals surface area contributed by atoms with Crippen LogP contribution >= 0.6 is 11.3 Å². The molecule has 6 heteroatoms. The van der Waals surface area contributed by atoms with Crippen molar-refractivity contribution in [1.82, 2.24) is 5.32 Å². The average molecular weight is 210 g/mol. The standard InChI is InChI=1S/C8H6N2O3S/c1-2-5-9-8(11)6-3-4-7(14-6)10(12)13/h1,3-4H,5H2,(H,9,11). The van der Waals surface area contributed by atoms with E-state index in [4.69, 9.17) is 6.42 Å². The third-order valence-electron chi connectivity index (χ3n) is 1.35. The summed E-state index contributed by atoms with van der Waals surface area (Å²) >= 11 is 0.820. The summed E-state index contributed by atoms with van der Waals surface area (Å²) in [7, 11) is 0. The number of carbonyl (C=O) groups excluding carboxylic acids is 1. The van der Waals surface area contributed by atoms with Crippen molar-refractivity contribution in [3.05, 3.63) is 27.1 Å². The van der Waals surface area contributed by atoms with Crippen LogP contribution in [0.5, 0.6) is 0 Å². The molecule has 0 spiro atoms. The minimum Gasteiger partial charge on any atom is -0.340 e. The van der Waals surface area contributed by atoms with Crippen LogP contribution in [0.3, 0.4) is 0 Å². The van der Waals surface area contributed by atoms with E-state index in [1.54, 1.807) is 0 Å². The second kappa shape index (κ2) is 4.39. The van der Waals surface area contributed by atoms with Crippen molar-refractivity contribution < 1.29 is 9.72 Å². The second-order valence-electron chi connectivity index (χ2n) is 2.28. The van der Waals surface area contributed by atoms with E-state index >= 15 is 0 Å². The largest absolute Gasteiger partial charge is 0.340 e. The van der Waals surface area contributed by atoms with Crippen molar-refractivity contribution in [2.75, 3.05) is 6.54 Å². The summed E-state index contributed by atoms with van der Waals surface area (Å²) in [6.45, 7) is 0.116. The molecule has 0 fully saturated rings. The molecule has 0 radical (unpaired) electrons. The van der Waals surface area contributed by atoms with E-state index in [1.807, 2.05) is 0 Å². The Morgan fingerprint density at radius 2 is 2.43 bits per heavy atom. The summed E-state index contributed by atoms with van der Waals surface area (Å²) in [6, 6.07) is 2.68. The molecule has 0 saturated heterocycles. The molecule has 0 unspecified atom stereocenters. The molecule has 14 heavy (non-hydrogen) atoms. The molecule has 0 aliphatic carbocycles. The van der Waals surface area contributed by atoms with Gasteiger partial charge in [0.1, 0.15) is 0 Å². The molecule has 1 aromatic rings. The van der Waals surface area contributed by atoms with E-state index in [1.165, 1.54) is 12.1 Å². The molecule has 0 aliphatic rings. The van der Waals surface area contributed by atoms with Crippen LogP contribution in [-0.4, -0.2) is 17.4 Å². The number of thiophene rings is 1. The Morgan fingerprint density at radius 3 is 2.93 bits per heavy atom. The highest BCUT2D eigenvalue weighted by Crippen LogP contribution is 2.23. The highest BCUT2D eigenvalue weighted by molar-refractivity contribution is 7.17. The minimum atomic E-state index is -0.539. The molecular weight excluding hydrogens is 204 g/mol. The molecule has 1 N–H and O–H groups in total. The number of nitrogens with one attached hydrogen (secondary N) is 1. The summed E-state index contributed by atoms with van der Waals surface area (Å²) in [4.78, 5) is 21.3. The highest BCUT2D eigenvalue weighted by Gasteiger charge is 2.14. The predicted molar refractivity (Wildman–Crippen MR) is 52.1 cm³/mol. The molecule has 1 rings (SSSR count). The van der Waals surface area contributed by atoms with Crippen molar-refractivity contribution in [2.45, 2.75) is 0 Å². The van der Waals surface area contributed by atoms with Gasteiger partial charge in [-0.2, -0.15) is 0 Å². The van der Waals surface area contributed by atoms with Crippen molar-refractivity contribution >= 4 is 22.2 Å². The van der Waals surface area contributed by atoms with Crippen molar-refractivity contribution in [3.8, 4) is 12.3 Å². The monoisotopic (exact) mass is 210 g/mol. The van der Waals surface area contributed by atoms with E-state index in [0.717, 1.165) is 11.3 Å². The van der Waals surface area contributed by atoms with E-state index in [2.05, 4.69) is 11.2 Å². The molecule has 0 aliphatic heterocycles. The van der Waals surface area contributed by atoms with Crippen LogP contribution < -0.4 is 5.32 Å². The fourth-order valence-corrected chi connectivity index (χ4v) is 1.50. The van der Waals surface area contributed by atoms with Gasteiger partial charge < -0.3 is 5.32 Å². The average Bonchev–Trinajstić information content (AvgIpc) is 2.62. The van der Waals surface area contributed by atoms with Crippen LogP contribution in [0.2, 0.25) is 0 Å². The lowest BCUT2D eigenvalue weighted by atomic mass is 10.4. The summed E-state index contributed by atoms with van der Waals surface area (Å²) in [5.41, 5.74) is 0. The van der Waals surface area contributed by atoms with E-state index < -0.39 is 4.92 Å². The molecule has 5 nitrogen and oxygen atoms in total. The van der Waals surface area contributed by atoms with Crippen molar-refractivity contribution in [2.24, 2.45) is 0 Å².